The number of fused-ring (bicyclic) bond motifs is 1. The maximum atomic E-state index is 13.8. The van der Waals surface area contributed by atoms with Crippen molar-refractivity contribution in [1.29, 1.82) is 0 Å². The van der Waals surface area contributed by atoms with Gasteiger partial charge in [-0.25, -0.2) is 4.79 Å². The Morgan fingerprint density at radius 3 is 2.64 bits per heavy atom. The van der Waals surface area contributed by atoms with Crippen molar-refractivity contribution in [3.8, 4) is 0 Å². The molecule has 0 radical (unpaired) electrons. The molecule has 0 saturated carbocycles. The average Bonchev–Trinajstić information content (AvgIpc) is 3.31. The van der Waals surface area contributed by atoms with Gasteiger partial charge in [0.2, 0.25) is 5.95 Å². The summed E-state index contributed by atoms with van der Waals surface area (Å²) in [7, 11) is 2.81. The van der Waals surface area contributed by atoms with Gasteiger partial charge in [-0.1, -0.05) is 23.8 Å². The number of esters is 1. The van der Waals surface area contributed by atoms with Crippen molar-refractivity contribution in [2.45, 2.75) is 45.8 Å². The fraction of sp³-hybridized carbons (Fsp3) is 0.444. The Hall–Kier alpha value is -4.19. The summed E-state index contributed by atoms with van der Waals surface area (Å²) >= 11 is 0. The SMILES string of the molecule is COC(=O)CNc1ccccc1C(=O)Cn1c(=O)c2c(nc(N3CCCC(N)C3)n2CC=C(C)C)n(C)c1=O. The van der Waals surface area contributed by atoms with Crippen molar-refractivity contribution in [2.24, 2.45) is 12.8 Å². The first-order valence-corrected chi connectivity index (χ1v) is 12.9. The number of imidazole rings is 1. The first-order chi connectivity index (χ1) is 18.6. The second-order valence-corrected chi connectivity index (χ2v) is 9.96. The van der Waals surface area contributed by atoms with Crippen LogP contribution in [-0.2, 0) is 29.7 Å². The highest BCUT2D eigenvalue weighted by Gasteiger charge is 2.27. The lowest BCUT2D eigenvalue weighted by Gasteiger charge is -2.31. The number of ether oxygens (including phenoxy) is 1. The molecule has 0 spiro atoms. The number of rotatable bonds is 9. The van der Waals surface area contributed by atoms with Gasteiger partial charge in [-0.2, -0.15) is 4.98 Å². The zero-order valence-electron chi connectivity index (χ0n) is 22.8. The Kier molecular flexibility index (Phi) is 8.34. The van der Waals surface area contributed by atoms with Gasteiger partial charge in [0.25, 0.3) is 5.56 Å². The molecule has 1 atom stereocenters. The Labute approximate surface area is 225 Å². The smallest absolute Gasteiger partial charge is 0.332 e. The van der Waals surface area contributed by atoms with Crippen LogP contribution < -0.4 is 27.2 Å². The standard InChI is InChI=1S/C27H35N7O5/c1-17(2)11-13-33-23-24(30-26(33)32-12-7-8-18(28)15-32)31(3)27(38)34(25(23)37)16-21(35)19-9-5-6-10-20(19)29-14-22(36)39-4/h5-6,9-11,18,29H,7-8,12-16,28H2,1-4H3. The van der Waals surface area contributed by atoms with Gasteiger partial charge in [0.05, 0.1) is 13.7 Å². The summed E-state index contributed by atoms with van der Waals surface area (Å²) < 4.78 is 8.69. The van der Waals surface area contributed by atoms with Crippen LogP contribution in [0.3, 0.4) is 0 Å². The first-order valence-electron chi connectivity index (χ1n) is 12.9. The monoisotopic (exact) mass is 537 g/mol. The maximum absolute atomic E-state index is 13.8. The highest BCUT2D eigenvalue weighted by molar-refractivity contribution is 6.01. The summed E-state index contributed by atoms with van der Waals surface area (Å²) in [5.41, 5.74) is 7.20. The van der Waals surface area contributed by atoms with E-state index in [9.17, 15) is 19.2 Å². The number of methoxy groups -OCH3 is 1. The van der Waals surface area contributed by atoms with Crippen LogP contribution >= 0.6 is 0 Å². The second kappa shape index (κ2) is 11.7. The lowest BCUT2D eigenvalue weighted by Crippen LogP contribution is -2.44. The molecule has 12 heteroatoms. The number of allylic oxidation sites excluding steroid dienone is 2. The number of nitrogens with two attached hydrogens (primary N) is 1. The third-order valence-corrected chi connectivity index (χ3v) is 6.82. The summed E-state index contributed by atoms with van der Waals surface area (Å²) in [6.45, 7) is 5.02. The highest BCUT2D eigenvalue weighted by atomic mass is 16.5. The number of piperidine rings is 1. The first kappa shape index (κ1) is 27.8. The Morgan fingerprint density at radius 1 is 1.21 bits per heavy atom. The Bertz CT molecular complexity index is 1540. The molecule has 0 bridgehead atoms. The summed E-state index contributed by atoms with van der Waals surface area (Å²) in [6, 6.07) is 6.59. The molecule has 0 aliphatic carbocycles. The van der Waals surface area contributed by atoms with E-state index >= 15 is 0 Å². The van der Waals surface area contributed by atoms with E-state index in [1.165, 1.54) is 11.7 Å². The van der Waals surface area contributed by atoms with Crippen LogP contribution in [0.25, 0.3) is 11.2 Å². The molecule has 2 aromatic heterocycles. The summed E-state index contributed by atoms with van der Waals surface area (Å²) in [4.78, 5) is 58.9. The van der Waals surface area contributed by atoms with E-state index in [4.69, 9.17) is 10.7 Å². The normalized spacial score (nSPS) is 15.3. The van der Waals surface area contributed by atoms with E-state index in [2.05, 4.69) is 15.0 Å². The molecule has 3 N–H and O–H groups in total. The lowest BCUT2D eigenvalue weighted by molar-refractivity contribution is -0.138. The second-order valence-electron chi connectivity index (χ2n) is 9.96. The van der Waals surface area contributed by atoms with Gasteiger partial charge < -0.3 is 25.3 Å². The van der Waals surface area contributed by atoms with Crippen LogP contribution in [-0.4, -0.2) is 63.2 Å². The van der Waals surface area contributed by atoms with Crippen molar-refractivity contribution in [1.82, 2.24) is 18.7 Å². The van der Waals surface area contributed by atoms with Gasteiger partial charge in [0.15, 0.2) is 16.9 Å². The fourth-order valence-corrected chi connectivity index (χ4v) is 4.73. The van der Waals surface area contributed by atoms with E-state index in [0.29, 0.717) is 24.7 Å². The lowest BCUT2D eigenvalue weighted by atomic mass is 10.1. The minimum absolute atomic E-state index is 0.0126. The highest BCUT2D eigenvalue weighted by Crippen LogP contribution is 2.23. The van der Waals surface area contributed by atoms with Crippen molar-refractivity contribution < 1.29 is 14.3 Å². The molecular weight excluding hydrogens is 502 g/mol. The van der Waals surface area contributed by atoms with Crippen molar-refractivity contribution in [3.05, 3.63) is 62.3 Å². The summed E-state index contributed by atoms with van der Waals surface area (Å²) in [5, 5.41) is 2.88. The number of aromatic nitrogens is 4. The number of benzene rings is 1. The van der Waals surface area contributed by atoms with Crippen LogP contribution in [0.15, 0.2) is 45.5 Å². The largest absolute Gasteiger partial charge is 0.468 e. The van der Waals surface area contributed by atoms with Gasteiger partial charge in [-0.05, 0) is 38.8 Å². The van der Waals surface area contributed by atoms with Gasteiger partial charge in [-0.15, -0.1) is 0 Å². The fourth-order valence-electron chi connectivity index (χ4n) is 4.73. The number of anilines is 2. The molecule has 1 aliphatic heterocycles. The van der Waals surface area contributed by atoms with Crippen molar-refractivity contribution >= 4 is 34.6 Å². The third kappa shape index (κ3) is 5.80. The van der Waals surface area contributed by atoms with Gasteiger partial charge in [0.1, 0.15) is 6.54 Å². The minimum Gasteiger partial charge on any atom is -0.468 e. The molecule has 3 aromatic rings. The third-order valence-electron chi connectivity index (χ3n) is 6.82. The van der Waals surface area contributed by atoms with E-state index in [-0.39, 0.29) is 29.3 Å². The average molecular weight is 538 g/mol. The van der Waals surface area contributed by atoms with Gasteiger partial charge >= 0.3 is 11.7 Å². The van der Waals surface area contributed by atoms with E-state index < -0.39 is 29.5 Å². The molecule has 208 valence electrons. The minimum atomic E-state index is -0.644. The molecule has 3 heterocycles. The van der Waals surface area contributed by atoms with E-state index in [1.807, 2.05) is 19.9 Å². The number of nitrogens with zero attached hydrogens (tertiary/aromatic N) is 5. The number of para-hydroxylation sites is 1. The van der Waals surface area contributed by atoms with Gasteiger partial charge in [0, 0.05) is 44.0 Å². The molecule has 4 rings (SSSR count). The maximum Gasteiger partial charge on any atom is 0.332 e. The molecule has 1 aliphatic rings. The molecule has 1 fully saturated rings. The predicted octanol–water partition coefficient (Wildman–Crippen LogP) is 1.26. The summed E-state index contributed by atoms with van der Waals surface area (Å²) in [6.07, 6.45) is 3.79. The predicted molar refractivity (Wildman–Crippen MR) is 149 cm³/mol. The van der Waals surface area contributed by atoms with Gasteiger partial charge in [-0.3, -0.25) is 23.5 Å². The van der Waals surface area contributed by atoms with Crippen LogP contribution in [0.5, 0.6) is 0 Å². The van der Waals surface area contributed by atoms with Crippen LogP contribution in [0, 0.1) is 0 Å². The number of carbonyl (C=O) groups is 2. The topological polar surface area (TPSA) is 146 Å². The Balaban J connectivity index is 1.80. The summed E-state index contributed by atoms with van der Waals surface area (Å²) in [5.74, 6) is -0.381. The number of ketones is 1. The molecule has 0 amide bonds. The zero-order valence-corrected chi connectivity index (χ0v) is 22.8. The molecule has 39 heavy (non-hydrogen) atoms. The number of carbonyl (C=O) groups excluding carboxylic acids is 2. The zero-order chi connectivity index (χ0) is 28.3. The number of hydrogen-bond acceptors (Lipinski definition) is 9. The Morgan fingerprint density at radius 2 is 1.95 bits per heavy atom. The molecule has 12 nitrogen and oxygen atoms in total. The number of Topliss-reactive ketones (excluding diaryl/α,β-unsaturated/α-hetero) is 1. The van der Waals surface area contributed by atoms with E-state index in [0.717, 1.165) is 29.5 Å². The number of hydrogen-bond donors (Lipinski definition) is 2. The molecule has 1 saturated heterocycles. The quantitative estimate of drug-likeness (QED) is 0.234. The molecule has 1 unspecified atom stereocenters. The number of nitrogens with one attached hydrogen (secondary N) is 1. The van der Waals surface area contributed by atoms with Crippen LogP contribution in [0.1, 0.15) is 37.0 Å². The van der Waals surface area contributed by atoms with E-state index in [1.54, 1.807) is 35.9 Å². The van der Waals surface area contributed by atoms with Crippen LogP contribution in [0.4, 0.5) is 11.6 Å². The van der Waals surface area contributed by atoms with Crippen molar-refractivity contribution in [2.75, 3.05) is 37.0 Å². The molecule has 1 aromatic carbocycles. The van der Waals surface area contributed by atoms with Crippen molar-refractivity contribution in [3.63, 3.8) is 0 Å². The number of aryl methyl sites for hydroxylation is 1. The van der Waals surface area contributed by atoms with Crippen LogP contribution in [0.2, 0.25) is 0 Å². The molecular formula is C27H35N7O5.